The molecule has 9 heteroatoms. The molecule has 8 nitrogen and oxygen atoms in total. The van der Waals surface area contributed by atoms with Gasteiger partial charge < -0.3 is 4.40 Å². The van der Waals surface area contributed by atoms with E-state index < -0.39 is 14.9 Å². The third-order valence-electron chi connectivity index (χ3n) is 3.22. The summed E-state index contributed by atoms with van der Waals surface area (Å²) in [5.74, 6) is 0. The Morgan fingerprint density at radius 3 is 2.57 bits per heavy atom. The highest BCUT2D eigenvalue weighted by Gasteiger charge is 2.16. The van der Waals surface area contributed by atoms with Gasteiger partial charge in [-0.05, 0) is 24.3 Å². The van der Waals surface area contributed by atoms with Crippen LogP contribution in [0.2, 0.25) is 0 Å². The zero-order valence-corrected chi connectivity index (χ0v) is 12.6. The van der Waals surface area contributed by atoms with Gasteiger partial charge in [-0.2, -0.15) is 0 Å². The number of nitro benzene ring substituents is 1. The number of hydrogen-bond donors (Lipinski definition) is 1. The lowest BCUT2D eigenvalue weighted by atomic mass is 10.3. The van der Waals surface area contributed by atoms with Crippen LogP contribution in [-0.2, 0) is 16.6 Å². The summed E-state index contributed by atoms with van der Waals surface area (Å²) in [6, 6.07) is 10.2. The van der Waals surface area contributed by atoms with Crippen molar-refractivity contribution in [1.82, 2.24) is 14.1 Å². The smallest absolute Gasteiger partial charge is 0.269 e. The summed E-state index contributed by atoms with van der Waals surface area (Å²) in [5, 5.41) is 10.6. The molecule has 3 rings (SSSR count). The van der Waals surface area contributed by atoms with Gasteiger partial charge in [0, 0.05) is 24.5 Å². The van der Waals surface area contributed by atoms with Gasteiger partial charge in [-0.3, -0.25) is 10.1 Å². The molecule has 118 valence electrons. The quantitative estimate of drug-likeness (QED) is 0.565. The van der Waals surface area contributed by atoms with E-state index in [1.54, 1.807) is 10.6 Å². The highest BCUT2D eigenvalue weighted by molar-refractivity contribution is 7.89. The van der Waals surface area contributed by atoms with E-state index >= 15 is 0 Å². The number of nitro groups is 1. The number of benzene rings is 1. The zero-order valence-electron chi connectivity index (χ0n) is 11.8. The first-order valence-corrected chi connectivity index (χ1v) is 8.11. The molecule has 0 saturated heterocycles. The largest absolute Gasteiger partial charge is 0.307 e. The summed E-state index contributed by atoms with van der Waals surface area (Å²) < 4.78 is 28.6. The number of sulfonamides is 1. The Kier molecular flexibility index (Phi) is 3.80. The van der Waals surface area contributed by atoms with E-state index in [1.165, 1.54) is 12.1 Å². The van der Waals surface area contributed by atoms with E-state index in [4.69, 9.17) is 0 Å². The first-order valence-electron chi connectivity index (χ1n) is 6.62. The van der Waals surface area contributed by atoms with Crippen LogP contribution in [0.4, 0.5) is 5.69 Å². The maximum Gasteiger partial charge on any atom is 0.269 e. The second-order valence-corrected chi connectivity index (χ2v) is 6.54. The molecule has 0 amide bonds. The number of fused-ring (bicyclic) bond motifs is 1. The van der Waals surface area contributed by atoms with Crippen LogP contribution in [0, 0.1) is 10.1 Å². The minimum atomic E-state index is -3.76. The SMILES string of the molecule is O=[N+]([O-])c1ccc(S(=O)(=O)NCc2cn3ccccc3n2)cc1. The minimum Gasteiger partial charge on any atom is -0.307 e. The molecule has 0 unspecified atom stereocenters. The molecule has 0 radical (unpaired) electrons. The van der Waals surface area contributed by atoms with Gasteiger partial charge in [0.2, 0.25) is 10.0 Å². The van der Waals surface area contributed by atoms with Crippen LogP contribution in [0.1, 0.15) is 5.69 Å². The lowest BCUT2D eigenvalue weighted by molar-refractivity contribution is -0.384. The molecule has 2 aromatic heterocycles. The monoisotopic (exact) mass is 332 g/mol. The number of hydrogen-bond acceptors (Lipinski definition) is 5. The molecular weight excluding hydrogens is 320 g/mol. The van der Waals surface area contributed by atoms with Gasteiger partial charge in [0.05, 0.1) is 22.1 Å². The molecule has 0 aliphatic heterocycles. The molecule has 0 atom stereocenters. The van der Waals surface area contributed by atoms with Gasteiger partial charge in [-0.25, -0.2) is 18.1 Å². The Labute approximate surface area is 131 Å². The number of imidazole rings is 1. The number of non-ortho nitro benzene ring substituents is 1. The molecule has 3 aromatic rings. The highest BCUT2D eigenvalue weighted by Crippen LogP contribution is 2.16. The third kappa shape index (κ3) is 3.20. The van der Waals surface area contributed by atoms with Crippen LogP contribution in [-0.4, -0.2) is 22.7 Å². The van der Waals surface area contributed by atoms with E-state index in [2.05, 4.69) is 9.71 Å². The van der Waals surface area contributed by atoms with Crippen LogP contribution in [0.5, 0.6) is 0 Å². The predicted molar refractivity (Wildman–Crippen MR) is 82.3 cm³/mol. The molecule has 0 saturated carbocycles. The summed E-state index contributed by atoms with van der Waals surface area (Å²) in [6.07, 6.45) is 3.55. The number of nitrogens with zero attached hydrogens (tertiary/aromatic N) is 3. The Bertz CT molecular complexity index is 931. The first kappa shape index (κ1) is 15.1. The fraction of sp³-hybridized carbons (Fsp3) is 0.0714. The van der Waals surface area contributed by atoms with Crippen molar-refractivity contribution in [3.63, 3.8) is 0 Å². The standard InChI is InChI=1S/C14H12N4O4S/c19-18(20)12-4-6-13(7-5-12)23(21,22)15-9-11-10-17-8-2-1-3-14(17)16-11/h1-8,10,15H,9H2. The van der Waals surface area contributed by atoms with Crippen molar-refractivity contribution in [2.75, 3.05) is 0 Å². The van der Waals surface area contributed by atoms with E-state index in [-0.39, 0.29) is 17.1 Å². The van der Waals surface area contributed by atoms with E-state index in [1.807, 2.05) is 24.4 Å². The van der Waals surface area contributed by atoms with Crippen molar-refractivity contribution in [1.29, 1.82) is 0 Å². The Balaban J connectivity index is 1.76. The molecule has 0 aliphatic rings. The minimum absolute atomic E-state index is 0.0288. The van der Waals surface area contributed by atoms with Crippen molar-refractivity contribution in [3.05, 3.63) is 70.7 Å². The van der Waals surface area contributed by atoms with E-state index in [0.29, 0.717) is 5.69 Å². The molecule has 2 heterocycles. The molecular formula is C14H12N4O4S. The van der Waals surface area contributed by atoms with Crippen LogP contribution >= 0.6 is 0 Å². The molecule has 0 fully saturated rings. The lowest BCUT2D eigenvalue weighted by Gasteiger charge is -2.04. The fourth-order valence-corrected chi connectivity index (χ4v) is 3.07. The van der Waals surface area contributed by atoms with Crippen LogP contribution in [0.25, 0.3) is 5.65 Å². The van der Waals surface area contributed by atoms with Crippen molar-refractivity contribution in [2.24, 2.45) is 0 Å². The normalized spacial score (nSPS) is 11.7. The Morgan fingerprint density at radius 2 is 1.91 bits per heavy atom. The fourth-order valence-electron chi connectivity index (χ4n) is 2.07. The molecule has 23 heavy (non-hydrogen) atoms. The molecule has 1 N–H and O–H groups in total. The van der Waals surface area contributed by atoms with Crippen LogP contribution in [0.3, 0.4) is 0 Å². The maximum atomic E-state index is 12.2. The van der Waals surface area contributed by atoms with E-state index in [9.17, 15) is 18.5 Å². The average molecular weight is 332 g/mol. The van der Waals surface area contributed by atoms with Gasteiger partial charge in [0.1, 0.15) is 5.65 Å². The van der Waals surface area contributed by atoms with Gasteiger partial charge in [0.15, 0.2) is 0 Å². The van der Waals surface area contributed by atoms with Crippen molar-refractivity contribution < 1.29 is 13.3 Å². The average Bonchev–Trinajstić information content (AvgIpc) is 2.96. The molecule has 0 aliphatic carbocycles. The number of pyridine rings is 1. The van der Waals surface area contributed by atoms with Gasteiger partial charge in [-0.15, -0.1) is 0 Å². The van der Waals surface area contributed by atoms with Crippen molar-refractivity contribution >= 4 is 21.4 Å². The number of aromatic nitrogens is 2. The van der Waals surface area contributed by atoms with Gasteiger partial charge in [-0.1, -0.05) is 6.07 Å². The maximum absolute atomic E-state index is 12.2. The summed E-state index contributed by atoms with van der Waals surface area (Å²) in [4.78, 5) is 14.3. The predicted octanol–water partition coefficient (Wildman–Crippen LogP) is 1.72. The van der Waals surface area contributed by atoms with Gasteiger partial charge in [0.25, 0.3) is 5.69 Å². The Morgan fingerprint density at radius 1 is 1.17 bits per heavy atom. The third-order valence-corrected chi connectivity index (χ3v) is 4.63. The summed E-state index contributed by atoms with van der Waals surface area (Å²) >= 11 is 0. The Hall–Kier alpha value is -2.78. The zero-order chi connectivity index (χ0) is 16.4. The summed E-state index contributed by atoms with van der Waals surface area (Å²) in [5.41, 5.74) is 1.13. The second kappa shape index (κ2) is 5.78. The van der Waals surface area contributed by atoms with Crippen LogP contribution in [0.15, 0.2) is 59.8 Å². The second-order valence-electron chi connectivity index (χ2n) is 4.77. The van der Waals surface area contributed by atoms with Crippen molar-refractivity contribution in [2.45, 2.75) is 11.4 Å². The molecule has 0 bridgehead atoms. The molecule has 1 aromatic carbocycles. The number of rotatable bonds is 5. The van der Waals surface area contributed by atoms with Crippen molar-refractivity contribution in [3.8, 4) is 0 Å². The summed E-state index contributed by atoms with van der Waals surface area (Å²) in [7, 11) is -3.76. The van der Waals surface area contributed by atoms with Gasteiger partial charge >= 0.3 is 0 Å². The first-order chi connectivity index (χ1) is 11.0. The molecule has 0 spiro atoms. The highest BCUT2D eigenvalue weighted by atomic mass is 32.2. The number of nitrogens with one attached hydrogen (secondary N) is 1. The lowest BCUT2D eigenvalue weighted by Crippen LogP contribution is -2.23. The topological polar surface area (TPSA) is 107 Å². The van der Waals surface area contributed by atoms with E-state index in [0.717, 1.165) is 17.8 Å². The summed E-state index contributed by atoms with van der Waals surface area (Å²) in [6.45, 7) is 0.0288. The van der Waals surface area contributed by atoms with Crippen LogP contribution < -0.4 is 4.72 Å².